The number of amides is 1. The Labute approximate surface area is 173 Å². The highest BCUT2D eigenvalue weighted by molar-refractivity contribution is 6.28. The normalized spacial score (nSPS) is 22.6. The zero-order valence-corrected chi connectivity index (χ0v) is 16.6. The molecular formula is C20H21ClFN5O2. The maximum absolute atomic E-state index is 13.9. The number of pyridine rings is 1. The number of halogens is 2. The van der Waals surface area contributed by atoms with Crippen LogP contribution in [0.5, 0.6) is 5.88 Å². The highest BCUT2D eigenvalue weighted by Crippen LogP contribution is 2.54. The summed E-state index contributed by atoms with van der Waals surface area (Å²) in [4.78, 5) is 25.7. The fourth-order valence-corrected chi connectivity index (χ4v) is 4.14. The minimum atomic E-state index is -0.446. The number of hydrogen-bond acceptors (Lipinski definition) is 6. The lowest BCUT2D eigenvalue weighted by molar-refractivity contribution is -0.116. The van der Waals surface area contributed by atoms with E-state index in [1.165, 1.54) is 6.08 Å². The molecule has 0 spiro atoms. The van der Waals surface area contributed by atoms with Gasteiger partial charge in [-0.15, -0.1) is 0 Å². The number of ether oxygens (including phenoxy) is 1. The van der Waals surface area contributed by atoms with Gasteiger partial charge in [0.1, 0.15) is 0 Å². The number of fused-ring (bicyclic) bond motifs is 1. The van der Waals surface area contributed by atoms with Crippen LogP contribution in [-0.2, 0) is 4.79 Å². The minimum absolute atomic E-state index is 0.0553. The van der Waals surface area contributed by atoms with Crippen molar-refractivity contribution in [2.24, 2.45) is 17.8 Å². The van der Waals surface area contributed by atoms with Crippen LogP contribution in [0.4, 0.5) is 10.2 Å². The summed E-state index contributed by atoms with van der Waals surface area (Å²) in [5, 5.41) is 2.97. The number of hydrogen-bond donors (Lipinski definition) is 1. The zero-order chi connectivity index (χ0) is 20.4. The molecule has 1 N–H and O–H groups in total. The number of piperidine rings is 1. The van der Waals surface area contributed by atoms with E-state index in [1.807, 2.05) is 11.0 Å². The number of aromatic nitrogens is 3. The molecule has 1 amide bonds. The second-order valence-corrected chi connectivity index (χ2v) is 7.59. The van der Waals surface area contributed by atoms with Crippen LogP contribution in [0.25, 0.3) is 6.08 Å². The number of rotatable bonds is 7. The van der Waals surface area contributed by atoms with Gasteiger partial charge in [-0.05, 0) is 53.5 Å². The average Bonchev–Trinajstić information content (AvgIpc) is 3.17. The van der Waals surface area contributed by atoms with E-state index in [0.717, 1.165) is 31.3 Å². The molecule has 2 fully saturated rings. The summed E-state index contributed by atoms with van der Waals surface area (Å²) >= 11 is 5.78. The largest absolute Gasteiger partial charge is 0.481 e. The lowest BCUT2D eigenvalue weighted by Gasteiger charge is -2.21. The Kier molecular flexibility index (Phi) is 5.62. The number of nitrogens with zero attached hydrogens (tertiary/aromatic N) is 4. The number of carbonyl (C=O) groups is 1. The molecule has 1 saturated carbocycles. The molecule has 2 aromatic rings. The van der Waals surface area contributed by atoms with Crippen LogP contribution < -0.4 is 15.0 Å². The average molecular weight is 418 g/mol. The lowest BCUT2D eigenvalue weighted by Crippen LogP contribution is -2.28. The van der Waals surface area contributed by atoms with Crippen molar-refractivity contribution in [3.05, 3.63) is 47.3 Å². The molecule has 7 nitrogen and oxygen atoms in total. The van der Waals surface area contributed by atoms with Crippen LogP contribution in [-0.4, -0.2) is 47.6 Å². The van der Waals surface area contributed by atoms with Gasteiger partial charge in [-0.25, -0.2) is 14.4 Å². The Morgan fingerprint density at radius 2 is 2.14 bits per heavy atom. The first-order chi connectivity index (χ1) is 14.0. The molecule has 0 aromatic carbocycles. The van der Waals surface area contributed by atoms with Gasteiger partial charge >= 0.3 is 0 Å². The van der Waals surface area contributed by atoms with Gasteiger partial charge in [0, 0.05) is 38.0 Å². The van der Waals surface area contributed by atoms with Gasteiger partial charge in [0.15, 0.2) is 11.6 Å². The summed E-state index contributed by atoms with van der Waals surface area (Å²) in [5.74, 6) is 1.82. The Morgan fingerprint density at radius 3 is 2.83 bits per heavy atom. The lowest BCUT2D eigenvalue weighted by atomic mass is 10.2. The Hall–Kier alpha value is -2.74. The molecule has 0 bridgehead atoms. The number of anilines is 1. The smallest absolute Gasteiger partial charge is 0.244 e. The highest BCUT2D eigenvalue weighted by atomic mass is 35.5. The van der Waals surface area contributed by atoms with Gasteiger partial charge in [0.2, 0.25) is 17.1 Å². The monoisotopic (exact) mass is 417 g/mol. The first-order valence-electron chi connectivity index (χ1n) is 9.44. The Morgan fingerprint density at radius 1 is 1.34 bits per heavy atom. The van der Waals surface area contributed by atoms with Crippen LogP contribution in [0.1, 0.15) is 12.0 Å². The van der Waals surface area contributed by atoms with Crippen LogP contribution in [0.3, 0.4) is 0 Å². The minimum Gasteiger partial charge on any atom is -0.481 e. The Balaban J connectivity index is 1.19. The second-order valence-electron chi connectivity index (χ2n) is 7.25. The van der Waals surface area contributed by atoms with Gasteiger partial charge in [-0.2, -0.15) is 4.98 Å². The maximum atomic E-state index is 13.9. The third-order valence-corrected chi connectivity index (χ3v) is 5.72. The van der Waals surface area contributed by atoms with Crippen LogP contribution >= 0.6 is 11.6 Å². The van der Waals surface area contributed by atoms with Gasteiger partial charge in [-0.1, -0.05) is 0 Å². The second kappa shape index (κ2) is 8.32. The SMILES string of the molecule is COc1ccc(/C=C/C(=O)NCCC2[C@H]3CN(c4nc(Cl)ncc4F)C[C@@H]23)cn1. The molecule has 1 aliphatic heterocycles. The van der Waals surface area contributed by atoms with Crippen molar-refractivity contribution in [2.75, 3.05) is 31.6 Å². The first kappa shape index (κ1) is 19.6. The summed E-state index contributed by atoms with van der Waals surface area (Å²) in [6, 6.07) is 3.58. The molecule has 0 radical (unpaired) electrons. The van der Waals surface area contributed by atoms with Gasteiger partial charge < -0.3 is 15.0 Å². The number of carbonyl (C=O) groups excluding carboxylic acids is 1. The van der Waals surface area contributed by atoms with Crippen molar-refractivity contribution < 1.29 is 13.9 Å². The molecule has 9 heteroatoms. The van der Waals surface area contributed by atoms with Crippen LogP contribution in [0, 0.1) is 23.6 Å². The van der Waals surface area contributed by atoms with Crippen molar-refractivity contribution >= 4 is 29.4 Å². The first-order valence-corrected chi connectivity index (χ1v) is 9.82. The maximum Gasteiger partial charge on any atom is 0.244 e. The van der Waals surface area contributed by atoms with Crippen molar-refractivity contribution in [3.63, 3.8) is 0 Å². The fraction of sp³-hybridized carbons (Fsp3) is 0.400. The highest BCUT2D eigenvalue weighted by Gasteiger charge is 2.55. The predicted octanol–water partition coefficient (Wildman–Crippen LogP) is 2.57. The standard InChI is InChI=1S/C20H21ClFN5O2/c1-29-18-5-3-12(8-24-18)2-4-17(28)23-7-6-13-14-10-27(11-15(13)14)19-16(22)9-25-20(21)26-19/h2-5,8-9,13-15H,6-7,10-11H2,1H3,(H,23,28)/b4-2+/t13?,14-,15+. The topological polar surface area (TPSA) is 80.2 Å². The van der Waals surface area contributed by atoms with Crippen LogP contribution in [0.2, 0.25) is 5.28 Å². The summed E-state index contributed by atoms with van der Waals surface area (Å²) in [5.41, 5.74) is 0.829. The third kappa shape index (κ3) is 4.48. The molecule has 1 unspecified atom stereocenters. The van der Waals surface area contributed by atoms with Crippen molar-refractivity contribution in [3.8, 4) is 5.88 Å². The summed E-state index contributed by atoms with van der Waals surface area (Å²) < 4.78 is 18.9. The van der Waals surface area contributed by atoms with E-state index in [9.17, 15) is 9.18 Å². The molecule has 4 rings (SSSR count). The molecule has 1 saturated heterocycles. The van der Waals surface area contributed by atoms with Gasteiger partial charge in [0.25, 0.3) is 0 Å². The molecule has 29 heavy (non-hydrogen) atoms. The van der Waals surface area contributed by atoms with Crippen molar-refractivity contribution in [1.82, 2.24) is 20.3 Å². The number of nitrogens with one attached hydrogen (secondary N) is 1. The molecule has 1 aliphatic carbocycles. The van der Waals surface area contributed by atoms with Crippen molar-refractivity contribution in [2.45, 2.75) is 6.42 Å². The predicted molar refractivity (Wildman–Crippen MR) is 107 cm³/mol. The van der Waals surface area contributed by atoms with E-state index < -0.39 is 5.82 Å². The Bertz CT molecular complexity index is 912. The number of methoxy groups -OCH3 is 1. The molecule has 152 valence electrons. The van der Waals surface area contributed by atoms with Gasteiger partial charge in [-0.3, -0.25) is 4.79 Å². The molecule has 3 atom stereocenters. The van der Waals surface area contributed by atoms with E-state index in [-0.39, 0.29) is 17.0 Å². The summed E-state index contributed by atoms with van der Waals surface area (Å²) in [6.45, 7) is 2.14. The summed E-state index contributed by atoms with van der Waals surface area (Å²) in [7, 11) is 1.56. The molecule has 2 aromatic heterocycles. The molecule has 3 heterocycles. The van der Waals surface area contributed by atoms with E-state index >= 15 is 0 Å². The van der Waals surface area contributed by atoms with E-state index in [2.05, 4.69) is 20.3 Å². The zero-order valence-electron chi connectivity index (χ0n) is 15.9. The molecule has 2 aliphatic rings. The van der Waals surface area contributed by atoms with E-state index in [0.29, 0.717) is 30.2 Å². The fourth-order valence-electron chi connectivity index (χ4n) is 4.01. The van der Waals surface area contributed by atoms with Crippen molar-refractivity contribution in [1.29, 1.82) is 0 Å². The van der Waals surface area contributed by atoms with Crippen LogP contribution in [0.15, 0.2) is 30.6 Å². The quantitative estimate of drug-likeness (QED) is 0.551. The molecular weight excluding hydrogens is 397 g/mol. The van der Waals surface area contributed by atoms with Gasteiger partial charge in [0.05, 0.1) is 13.3 Å². The third-order valence-electron chi connectivity index (χ3n) is 5.54. The summed E-state index contributed by atoms with van der Waals surface area (Å²) in [6.07, 6.45) is 6.89. The van der Waals surface area contributed by atoms with E-state index in [1.54, 1.807) is 25.4 Å². The van der Waals surface area contributed by atoms with E-state index in [4.69, 9.17) is 16.3 Å².